The lowest BCUT2D eigenvalue weighted by Gasteiger charge is -2.11. The lowest BCUT2D eigenvalue weighted by molar-refractivity contribution is -0.121. The first-order valence-corrected chi connectivity index (χ1v) is 8.53. The van der Waals surface area contributed by atoms with Crippen LogP contribution in [0.4, 0.5) is 0 Å². The van der Waals surface area contributed by atoms with Gasteiger partial charge < -0.3 is 18.9 Å². The quantitative estimate of drug-likeness (QED) is 0.673. The number of ether oxygens (including phenoxy) is 4. The molecule has 0 aliphatic rings. The van der Waals surface area contributed by atoms with Gasteiger partial charge in [-0.3, -0.25) is 20.4 Å². The molecule has 0 aliphatic carbocycles. The lowest BCUT2D eigenvalue weighted by Crippen LogP contribution is -2.41. The molecule has 2 aromatic carbocycles. The summed E-state index contributed by atoms with van der Waals surface area (Å²) in [7, 11) is 6.10. The predicted octanol–water partition coefficient (Wildman–Crippen LogP) is 2.11. The van der Waals surface area contributed by atoms with E-state index in [1.54, 1.807) is 38.5 Å². The SMILES string of the molecule is COc1cc(OC)cc(C(=O)NNC(=O)CCc2ccc(OC)c(OC)c2)c1. The molecule has 0 unspecified atom stereocenters. The van der Waals surface area contributed by atoms with Gasteiger partial charge in [0.15, 0.2) is 11.5 Å². The Hall–Kier alpha value is -3.42. The highest BCUT2D eigenvalue weighted by Crippen LogP contribution is 2.28. The summed E-state index contributed by atoms with van der Waals surface area (Å²) in [5.74, 6) is 1.38. The average molecular weight is 388 g/mol. The van der Waals surface area contributed by atoms with E-state index in [1.807, 2.05) is 12.1 Å². The molecule has 0 saturated carbocycles. The van der Waals surface area contributed by atoms with Gasteiger partial charge in [0, 0.05) is 18.1 Å². The second-order valence-corrected chi connectivity index (χ2v) is 5.79. The van der Waals surface area contributed by atoms with Gasteiger partial charge in [-0.25, -0.2) is 0 Å². The largest absolute Gasteiger partial charge is 0.497 e. The van der Waals surface area contributed by atoms with E-state index in [4.69, 9.17) is 18.9 Å². The fraction of sp³-hybridized carbons (Fsp3) is 0.300. The van der Waals surface area contributed by atoms with E-state index in [2.05, 4.69) is 10.9 Å². The minimum Gasteiger partial charge on any atom is -0.497 e. The molecule has 2 amide bonds. The van der Waals surface area contributed by atoms with Gasteiger partial charge >= 0.3 is 0 Å². The van der Waals surface area contributed by atoms with E-state index in [9.17, 15) is 9.59 Å². The summed E-state index contributed by atoms with van der Waals surface area (Å²) in [6, 6.07) is 10.2. The minimum absolute atomic E-state index is 0.192. The number of methoxy groups -OCH3 is 4. The Kier molecular flexibility index (Phi) is 7.50. The number of hydrogen-bond donors (Lipinski definition) is 2. The fourth-order valence-corrected chi connectivity index (χ4v) is 2.49. The van der Waals surface area contributed by atoms with Crippen LogP contribution >= 0.6 is 0 Å². The molecule has 0 fully saturated rings. The van der Waals surface area contributed by atoms with Gasteiger partial charge in [-0.1, -0.05) is 6.07 Å². The number of carbonyl (C=O) groups is 2. The maximum Gasteiger partial charge on any atom is 0.269 e. The molecule has 8 nitrogen and oxygen atoms in total. The summed E-state index contributed by atoms with van der Waals surface area (Å²) < 4.78 is 20.7. The van der Waals surface area contributed by atoms with Crippen molar-refractivity contribution < 1.29 is 28.5 Å². The zero-order valence-corrected chi connectivity index (χ0v) is 16.3. The monoisotopic (exact) mass is 388 g/mol. The zero-order chi connectivity index (χ0) is 20.5. The summed E-state index contributed by atoms with van der Waals surface area (Å²) in [6.07, 6.45) is 0.673. The smallest absolute Gasteiger partial charge is 0.269 e. The molecule has 0 spiro atoms. The number of carbonyl (C=O) groups excluding carboxylic acids is 2. The number of nitrogens with one attached hydrogen (secondary N) is 2. The van der Waals surface area contributed by atoms with Crippen LogP contribution in [-0.2, 0) is 11.2 Å². The van der Waals surface area contributed by atoms with Gasteiger partial charge in [-0.05, 0) is 36.2 Å². The van der Waals surface area contributed by atoms with Crippen molar-refractivity contribution in [3.63, 3.8) is 0 Å². The molecule has 8 heteroatoms. The normalized spacial score (nSPS) is 10.0. The van der Waals surface area contributed by atoms with Crippen LogP contribution in [0, 0.1) is 0 Å². The van der Waals surface area contributed by atoms with Gasteiger partial charge in [0.05, 0.1) is 28.4 Å². The van der Waals surface area contributed by atoms with Crippen LogP contribution in [0.2, 0.25) is 0 Å². The summed E-state index contributed by atoms with van der Waals surface area (Å²) in [4.78, 5) is 24.3. The van der Waals surface area contributed by atoms with Crippen molar-refractivity contribution in [2.24, 2.45) is 0 Å². The van der Waals surface area contributed by atoms with Crippen molar-refractivity contribution in [3.8, 4) is 23.0 Å². The maximum atomic E-state index is 12.2. The van der Waals surface area contributed by atoms with E-state index in [1.165, 1.54) is 14.2 Å². The molecule has 2 aromatic rings. The topological polar surface area (TPSA) is 95.1 Å². The molecule has 0 saturated heterocycles. The molecule has 0 aliphatic heterocycles. The highest BCUT2D eigenvalue weighted by atomic mass is 16.5. The van der Waals surface area contributed by atoms with E-state index in [0.717, 1.165) is 5.56 Å². The Morgan fingerprint density at radius 2 is 1.43 bits per heavy atom. The molecule has 0 bridgehead atoms. The molecular formula is C20H24N2O6. The first-order valence-electron chi connectivity index (χ1n) is 8.53. The Morgan fingerprint density at radius 1 is 0.786 bits per heavy atom. The zero-order valence-electron chi connectivity index (χ0n) is 16.3. The van der Waals surface area contributed by atoms with Crippen LogP contribution in [0.1, 0.15) is 22.3 Å². The van der Waals surface area contributed by atoms with E-state index < -0.39 is 5.91 Å². The first-order chi connectivity index (χ1) is 13.5. The molecule has 0 radical (unpaired) electrons. The van der Waals surface area contributed by atoms with Gasteiger partial charge in [0.25, 0.3) is 5.91 Å². The van der Waals surface area contributed by atoms with Crippen molar-refractivity contribution in [2.75, 3.05) is 28.4 Å². The van der Waals surface area contributed by atoms with Crippen molar-refractivity contribution >= 4 is 11.8 Å². The number of benzene rings is 2. The lowest BCUT2D eigenvalue weighted by atomic mass is 10.1. The van der Waals surface area contributed by atoms with Crippen molar-refractivity contribution in [1.82, 2.24) is 10.9 Å². The molecule has 2 N–H and O–H groups in total. The number of hydrogen-bond acceptors (Lipinski definition) is 6. The van der Waals surface area contributed by atoms with Gasteiger partial charge in [-0.2, -0.15) is 0 Å². The maximum absolute atomic E-state index is 12.2. The van der Waals surface area contributed by atoms with Crippen LogP contribution in [0.3, 0.4) is 0 Å². The minimum atomic E-state index is -0.475. The van der Waals surface area contributed by atoms with Crippen LogP contribution in [0.15, 0.2) is 36.4 Å². The van der Waals surface area contributed by atoms with Gasteiger partial charge in [-0.15, -0.1) is 0 Å². The van der Waals surface area contributed by atoms with Gasteiger partial charge in [0.2, 0.25) is 5.91 Å². The molecule has 0 atom stereocenters. The predicted molar refractivity (Wildman–Crippen MR) is 103 cm³/mol. The van der Waals surface area contributed by atoms with Crippen LogP contribution in [0.25, 0.3) is 0 Å². The third-order valence-electron chi connectivity index (χ3n) is 4.02. The van der Waals surface area contributed by atoms with Gasteiger partial charge in [0.1, 0.15) is 11.5 Å². The highest BCUT2D eigenvalue weighted by molar-refractivity contribution is 5.96. The van der Waals surface area contributed by atoms with Crippen molar-refractivity contribution in [1.29, 1.82) is 0 Å². The number of amides is 2. The van der Waals surface area contributed by atoms with Crippen LogP contribution in [0.5, 0.6) is 23.0 Å². The Balaban J connectivity index is 1.89. The Bertz CT molecular complexity index is 815. The summed E-state index contributed by atoms with van der Waals surface area (Å²) >= 11 is 0. The molecule has 28 heavy (non-hydrogen) atoms. The number of rotatable bonds is 8. The van der Waals surface area contributed by atoms with E-state index in [-0.39, 0.29) is 12.3 Å². The van der Waals surface area contributed by atoms with Crippen LogP contribution < -0.4 is 29.8 Å². The summed E-state index contributed by atoms with van der Waals surface area (Å²) in [5.41, 5.74) is 6.00. The van der Waals surface area contributed by atoms with Crippen LogP contribution in [-0.4, -0.2) is 40.3 Å². The highest BCUT2D eigenvalue weighted by Gasteiger charge is 2.12. The second kappa shape index (κ2) is 10.1. The average Bonchev–Trinajstić information content (AvgIpc) is 2.75. The molecule has 150 valence electrons. The standard InChI is InChI=1S/C20H24N2O6/c1-25-15-10-14(11-16(12-15)26-2)20(24)22-21-19(23)8-6-13-5-7-17(27-3)18(9-13)28-4/h5,7,9-12H,6,8H2,1-4H3,(H,21,23)(H,22,24). The third kappa shape index (κ3) is 5.54. The Labute approximate surface area is 163 Å². The number of aryl methyl sites for hydroxylation is 1. The second-order valence-electron chi connectivity index (χ2n) is 5.79. The Morgan fingerprint density at radius 3 is 2.00 bits per heavy atom. The molecule has 0 heterocycles. The first kappa shape index (κ1) is 20.9. The number of hydrazine groups is 1. The summed E-state index contributed by atoms with van der Waals surface area (Å²) in [6.45, 7) is 0. The fourth-order valence-electron chi connectivity index (χ4n) is 2.49. The molecular weight excluding hydrogens is 364 g/mol. The van der Waals surface area contributed by atoms with Crippen molar-refractivity contribution in [2.45, 2.75) is 12.8 Å². The third-order valence-corrected chi connectivity index (χ3v) is 4.02. The van der Waals surface area contributed by atoms with E-state index in [0.29, 0.717) is 35.0 Å². The summed E-state index contributed by atoms with van der Waals surface area (Å²) in [5, 5.41) is 0. The molecule has 0 aromatic heterocycles. The van der Waals surface area contributed by atoms with Crippen molar-refractivity contribution in [3.05, 3.63) is 47.5 Å². The molecule has 2 rings (SSSR count). The van der Waals surface area contributed by atoms with E-state index >= 15 is 0 Å².